The third-order valence-electron chi connectivity index (χ3n) is 2.34. The van der Waals surface area contributed by atoms with Crippen LogP contribution in [0.25, 0.3) is 5.69 Å². The normalized spacial score (nSPS) is 12.5. The van der Waals surface area contributed by atoms with E-state index in [1.807, 2.05) is 0 Å². The molecule has 0 aliphatic carbocycles. The van der Waals surface area contributed by atoms with Gasteiger partial charge in [-0.1, -0.05) is 5.21 Å². The van der Waals surface area contributed by atoms with E-state index in [9.17, 15) is 9.50 Å². The Hall–Kier alpha value is -1.95. The van der Waals surface area contributed by atoms with Crippen LogP contribution in [0.5, 0.6) is 5.75 Å². The molecule has 0 saturated heterocycles. The Labute approximate surface area is 97.5 Å². The number of nitrogens with zero attached hydrogens (tertiary/aromatic N) is 3. The van der Waals surface area contributed by atoms with E-state index in [4.69, 9.17) is 4.74 Å². The van der Waals surface area contributed by atoms with Gasteiger partial charge in [-0.2, -0.15) is 0 Å². The molecular weight excluding hydrogens is 225 g/mol. The zero-order valence-electron chi connectivity index (χ0n) is 9.46. The minimum absolute atomic E-state index is 0.171. The molecule has 17 heavy (non-hydrogen) atoms. The number of aromatic nitrogens is 3. The van der Waals surface area contributed by atoms with Crippen LogP contribution in [0.3, 0.4) is 0 Å². The Kier molecular flexibility index (Phi) is 3.06. The lowest BCUT2D eigenvalue weighted by Crippen LogP contribution is -1.97. The average molecular weight is 237 g/mol. The van der Waals surface area contributed by atoms with Crippen LogP contribution in [-0.4, -0.2) is 27.2 Å². The van der Waals surface area contributed by atoms with Crippen molar-refractivity contribution in [1.82, 2.24) is 15.0 Å². The highest BCUT2D eigenvalue weighted by Crippen LogP contribution is 2.20. The summed E-state index contributed by atoms with van der Waals surface area (Å²) in [5.41, 5.74) is 0.948. The maximum Gasteiger partial charge on any atom is 0.167 e. The summed E-state index contributed by atoms with van der Waals surface area (Å²) in [5, 5.41) is 16.9. The molecule has 1 heterocycles. The topological polar surface area (TPSA) is 60.2 Å². The van der Waals surface area contributed by atoms with Gasteiger partial charge in [0, 0.05) is 6.07 Å². The second-order valence-electron chi connectivity index (χ2n) is 3.58. The highest BCUT2D eigenvalue weighted by Gasteiger charge is 2.09. The van der Waals surface area contributed by atoms with Gasteiger partial charge in [-0.05, 0) is 19.1 Å². The molecule has 0 bridgehead atoms. The molecule has 0 saturated carbocycles. The molecule has 1 N–H and O–H groups in total. The summed E-state index contributed by atoms with van der Waals surface area (Å²) in [6, 6.07) is 4.45. The molecule has 1 unspecified atom stereocenters. The summed E-state index contributed by atoms with van der Waals surface area (Å²) in [6.45, 7) is 1.59. The molecule has 1 atom stereocenters. The Balaban J connectivity index is 2.36. The molecule has 0 fully saturated rings. The number of hydrogen-bond donors (Lipinski definition) is 1. The molecule has 6 heteroatoms. The van der Waals surface area contributed by atoms with Crippen molar-refractivity contribution in [1.29, 1.82) is 0 Å². The summed E-state index contributed by atoms with van der Waals surface area (Å²) < 4.78 is 19.7. The number of hydrogen-bond acceptors (Lipinski definition) is 4. The first-order valence-electron chi connectivity index (χ1n) is 5.06. The number of rotatable bonds is 3. The monoisotopic (exact) mass is 237 g/mol. The smallest absolute Gasteiger partial charge is 0.167 e. The first-order valence-corrected chi connectivity index (χ1v) is 5.06. The summed E-state index contributed by atoms with van der Waals surface area (Å²) in [6.07, 6.45) is 0.846. The summed E-state index contributed by atoms with van der Waals surface area (Å²) in [5.74, 6) is -0.302. The third kappa shape index (κ3) is 2.26. The van der Waals surface area contributed by atoms with Crippen molar-refractivity contribution in [3.05, 3.63) is 35.9 Å². The van der Waals surface area contributed by atoms with Gasteiger partial charge < -0.3 is 9.84 Å². The molecule has 0 radical (unpaired) electrons. The van der Waals surface area contributed by atoms with Crippen molar-refractivity contribution >= 4 is 0 Å². The molecule has 1 aromatic heterocycles. The Morgan fingerprint density at radius 3 is 2.76 bits per heavy atom. The zero-order chi connectivity index (χ0) is 12.4. The van der Waals surface area contributed by atoms with Crippen LogP contribution in [0.15, 0.2) is 24.4 Å². The van der Waals surface area contributed by atoms with Gasteiger partial charge in [0.15, 0.2) is 11.6 Å². The summed E-state index contributed by atoms with van der Waals surface area (Å²) in [7, 11) is 1.40. The minimum atomic E-state index is -0.702. The Morgan fingerprint density at radius 2 is 2.24 bits per heavy atom. The van der Waals surface area contributed by atoms with Gasteiger partial charge in [0.25, 0.3) is 0 Å². The highest BCUT2D eigenvalue weighted by molar-refractivity contribution is 5.38. The van der Waals surface area contributed by atoms with Gasteiger partial charge in [0.05, 0.1) is 25.1 Å². The molecule has 0 aliphatic heterocycles. The summed E-state index contributed by atoms with van der Waals surface area (Å²) in [4.78, 5) is 0. The number of halogens is 1. The molecule has 90 valence electrons. The lowest BCUT2D eigenvalue weighted by molar-refractivity contribution is 0.194. The van der Waals surface area contributed by atoms with E-state index in [0.717, 1.165) is 0 Å². The SMILES string of the molecule is COc1ccc(-n2cc(C(C)O)nn2)cc1F. The number of methoxy groups -OCH3 is 1. The number of benzene rings is 1. The van der Waals surface area contributed by atoms with Crippen LogP contribution in [0.1, 0.15) is 18.7 Å². The fourth-order valence-corrected chi connectivity index (χ4v) is 1.39. The van der Waals surface area contributed by atoms with Crippen molar-refractivity contribution in [3.8, 4) is 11.4 Å². The fourth-order valence-electron chi connectivity index (χ4n) is 1.39. The van der Waals surface area contributed by atoms with Crippen LogP contribution in [0.2, 0.25) is 0 Å². The maximum absolute atomic E-state index is 13.5. The summed E-state index contributed by atoms with van der Waals surface area (Å²) >= 11 is 0. The zero-order valence-corrected chi connectivity index (χ0v) is 9.46. The lowest BCUT2D eigenvalue weighted by atomic mass is 10.3. The van der Waals surface area contributed by atoms with Crippen molar-refractivity contribution < 1.29 is 14.2 Å². The van der Waals surface area contributed by atoms with E-state index in [0.29, 0.717) is 11.4 Å². The first kappa shape index (κ1) is 11.5. The number of aliphatic hydroxyl groups excluding tert-OH is 1. The minimum Gasteiger partial charge on any atom is -0.494 e. The highest BCUT2D eigenvalue weighted by atomic mass is 19.1. The van der Waals surface area contributed by atoms with Gasteiger partial charge >= 0.3 is 0 Å². The molecule has 5 nitrogen and oxygen atoms in total. The van der Waals surface area contributed by atoms with E-state index in [1.165, 1.54) is 23.9 Å². The third-order valence-corrected chi connectivity index (χ3v) is 2.34. The van der Waals surface area contributed by atoms with Crippen LogP contribution in [0.4, 0.5) is 4.39 Å². The van der Waals surface area contributed by atoms with Gasteiger partial charge in [-0.3, -0.25) is 0 Å². The second-order valence-corrected chi connectivity index (χ2v) is 3.58. The Bertz CT molecular complexity index is 525. The van der Waals surface area contributed by atoms with Gasteiger partial charge in [-0.15, -0.1) is 5.10 Å². The molecule has 0 spiro atoms. The molecule has 1 aromatic carbocycles. The molecular formula is C11H12FN3O2. The quantitative estimate of drug-likeness (QED) is 0.878. The fraction of sp³-hybridized carbons (Fsp3) is 0.273. The van der Waals surface area contributed by atoms with Gasteiger partial charge in [0.2, 0.25) is 0 Å². The second kappa shape index (κ2) is 4.50. The van der Waals surface area contributed by atoms with Gasteiger partial charge in [0.1, 0.15) is 5.69 Å². The molecule has 0 amide bonds. The van der Waals surface area contributed by atoms with Crippen LogP contribution in [-0.2, 0) is 0 Å². The van der Waals surface area contributed by atoms with Gasteiger partial charge in [-0.25, -0.2) is 9.07 Å². The lowest BCUT2D eigenvalue weighted by Gasteiger charge is -2.04. The molecule has 0 aliphatic rings. The molecule has 2 rings (SSSR count). The van der Waals surface area contributed by atoms with Crippen molar-refractivity contribution in [2.45, 2.75) is 13.0 Å². The van der Waals surface area contributed by atoms with E-state index in [1.54, 1.807) is 19.2 Å². The molecule has 2 aromatic rings. The maximum atomic E-state index is 13.5. The van der Waals surface area contributed by atoms with E-state index in [-0.39, 0.29) is 5.75 Å². The predicted molar refractivity (Wildman–Crippen MR) is 58.5 cm³/mol. The van der Waals surface area contributed by atoms with Crippen molar-refractivity contribution in [2.24, 2.45) is 0 Å². The van der Waals surface area contributed by atoms with E-state index >= 15 is 0 Å². The largest absolute Gasteiger partial charge is 0.494 e. The first-order chi connectivity index (χ1) is 8.11. The van der Waals surface area contributed by atoms with Crippen LogP contribution < -0.4 is 4.74 Å². The number of ether oxygens (including phenoxy) is 1. The Morgan fingerprint density at radius 1 is 1.47 bits per heavy atom. The van der Waals surface area contributed by atoms with E-state index in [2.05, 4.69) is 10.3 Å². The predicted octanol–water partition coefficient (Wildman–Crippen LogP) is 1.47. The van der Waals surface area contributed by atoms with Crippen LogP contribution in [0, 0.1) is 5.82 Å². The standard InChI is InChI=1S/C11H12FN3O2/c1-7(16)10-6-15(14-13-10)8-3-4-11(17-2)9(12)5-8/h3-7,16H,1-2H3. The average Bonchev–Trinajstić information content (AvgIpc) is 2.78. The van der Waals surface area contributed by atoms with Crippen molar-refractivity contribution in [2.75, 3.05) is 7.11 Å². The van der Waals surface area contributed by atoms with Crippen molar-refractivity contribution in [3.63, 3.8) is 0 Å². The number of aliphatic hydroxyl groups is 1. The van der Waals surface area contributed by atoms with E-state index < -0.39 is 11.9 Å². The van der Waals surface area contributed by atoms with Crippen LogP contribution >= 0.6 is 0 Å².